The van der Waals surface area contributed by atoms with Gasteiger partial charge in [0.05, 0.1) is 4.90 Å². The van der Waals surface area contributed by atoms with Crippen molar-refractivity contribution in [1.29, 1.82) is 0 Å². The van der Waals surface area contributed by atoms with Gasteiger partial charge in [-0.3, -0.25) is 0 Å². The minimum absolute atomic E-state index is 0.272. The monoisotopic (exact) mass is 309 g/mol. The Bertz CT molecular complexity index is 790. The molecule has 0 spiro atoms. The normalized spacial score (nSPS) is 17.7. The quantitative estimate of drug-likeness (QED) is 0.947. The summed E-state index contributed by atoms with van der Waals surface area (Å²) >= 11 is 0. The lowest BCUT2D eigenvalue weighted by atomic mass is 10.1. The number of hydrogen-bond acceptors (Lipinski definition) is 2. The zero-order valence-corrected chi connectivity index (χ0v) is 11.8. The van der Waals surface area contributed by atoms with Crippen molar-refractivity contribution in [2.45, 2.75) is 23.8 Å². The highest BCUT2D eigenvalue weighted by atomic mass is 32.2. The average Bonchev–Trinajstić information content (AvgIpc) is 2.85. The third-order valence-corrected chi connectivity index (χ3v) is 5.10. The lowest BCUT2D eigenvalue weighted by Crippen LogP contribution is -2.27. The van der Waals surface area contributed by atoms with Crippen LogP contribution in [0.2, 0.25) is 0 Å². The van der Waals surface area contributed by atoms with Crippen LogP contribution in [0.4, 0.5) is 8.78 Å². The Balaban J connectivity index is 1.89. The molecule has 0 amide bonds. The lowest BCUT2D eigenvalue weighted by molar-refractivity contribution is 0.503. The van der Waals surface area contributed by atoms with Crippen molar-refractivity contribution >= 4 is 10.0 Å². The predicted molar refractivity (Wildman–Crippen MR) is 74.2 cm³/mol. The van der Waals surface area contributed by atoms with Crippen molar-refractivity contribution in [2.75, 3.05) is 0 Å². The highest BCUT2D eigenvalue weighted by molar-refractivity contribution is 7.89. The molecule has 0 fully saturated rings. The Morgan fingerprint density at radius 1 is 1.05 bits per heavy atom. The Morgan fingerprint density at radius 3 is 2.57 bits per heavy atom. The number of halogens is 2. The first-order chi connectivity index (χ1) is 9.97. The molecular formula is C15H13F2NO2S. The SMILES string of the molecule is O=S(=O)(N[C@@H]1CCc2ccccc21)c1ccc(F)c(F)c1. The maximum Gasteiger partial charge on any atom is 0.241 e. The molecule has 6 heteroatoms. The summed E-state index contributed by atoms with van der Waals surface area (Å²) in [7, 11) is -3.88. The standard InChI is InChI=1S/C15H13F2NO2S/c16-13-7-6-11(9-14(13)17)21(19,20)18-15-8-5-10-3-1-2-4-12(10)15/h1-4,6-7,9,15,18H,5,8H2/t15-/m1/s1. The fourth-order valence-corrected chi connectivity index (χ4v) is 3.84. The minimum atomic E-state index is -3.88. The summed E-state index contributed by atoms with van der Waals surface area (Å²) in [5.74, 6) is -2.25. The van der Waals surface area contributed by atoms with Crippen LogP contribution in [-0.4, -0.2) is 8.42 Å². The van der Waals surface area contributed by atoms with Crippen LogP contribution in [-0.2, 0) is 16.4 Å². The summed E-state index contributed by atoms with van der Waals surface area (Å²) in [4.78, 5) is -0.272. The zero-order chi connectivity index (χ0) is 15.0. The van der Waals surface area contributed by atoms with Gasteiger partial charge in [-0.2, -0.15) is 0 Å². The highest BCUT2D eigenvalue weighted by Gasteiger charge is 2.27. The number of hydrogen-bond donors (Lipinski definition) is 1. The van der Waals surface area contributed by atoms with Crippen molar-refractivity contribution in [3.63, 3.8) is 0 Å². The molecule has 0 aliphatic heterocycles. The van der Waals surface area contributed by atoms with Crippen molar-refractivity contribution in [2.24, 2.45) is 0 Å². The number of fused-ring (bicyclic) bond motifs is 1. The second kappa shape index (κ2) is 5.20. The molecule has 3 nitrogen and oxygen atoms in total. The van der Waals surface area contributed by atoms with Gasteiger partial charge in [-0.05, 0) is 42.2 Å². The molecule has 3 rings (SSSR count). The largest absolute Gasteiger partial charge is 0.241 e. The van der Waals surface area contributed by atoms with E-state index in [-0.39, 0.29) is 10.9 Å². The molecule has 0 saturated heterocycles. The molecule has 2 aromatic carbocycles. The number of sulfonamides is 1. The molecule has 0 unspecified atom stereocenters. The van der Waals surface area contributed by atoms with E-state index in [1.165, 1.54) is 0 Å². The second-order valence-electron chi connectivity index (χ2n) is 4.99. The third-order valence-electron chi connectivity index (χ3n) is 3.63. The van der Waals surface area contributed by atoms with Crippen molar-refractivity contribution in [3.05, 3.63) is 65.2 Å². The smallest absolute Gasteiger partial charge is 0.207 e. The molecule has 0 radical (unpaired) electrons. The summed E-state index contributed by atoms with van der Waals surface area (Å²) < 4.78 is 53.2. The molecule has 0 aromatic heterocycles. The van der Waals surface area contributed by atoms with Crippen LogP contribution in [0.5, 0.6) is 0 Å². The summed E-state index contributed by atoms with van der Waals surface area (Å²) in [6.45, 7) is 0. The van der Waals surface area contributed by atoms with Gasteiger partial charge < -0.3 is 0 Å². The van der Waals surface area contributed by atoms with Crippen molar-refractivity contribution in [3.8, 4) is 0 Å². The predicted octanol–water partition coefficient (Wildman–Crippen LogP) is 2.93. The van der Waals surface area contributed by atoms with Gasteiger partial charge in [-0.25, -0.2) is 21.9 Å². The number of nitrogens with one attached hydrogen (secondary N) is 1. The van der Waals surface area contributed by atoms with Gasteiger partial charge in [0.15, 0.2) is 11.6 Å². The van der Waals surface area contributed by atoms with E-state index in [0.717, 1.165) is 29.7 Å². The number of rotatable bonds is 3. The van der Waals surface area contributed by atoms with E-state index < -0.39 is 21.7 Å². The van der Waals surface area contributed by atoms with Crippen LogP contribution in [0.25, 0.3) is 0 Å². The molecule has 1 aliphatic carbocycles. The highest BCUT2D eigenvalue weighted by Crippen LogP contribution is 2.32. The van der Waals surface area contributed by atoms with E-state index in [1.807, 2.05) is 24.3 Å². The van der Waals surface area contributed by atoms with Crippen LogP contribution in [0.15, 0.2) is 47.4 Å². The van der Waals surface area contributed by atoms with E-state index in [0.29, 0.717) is 12.5 Å². The maximum atomic E-state index is 13.2. The maximum absolute atomic E-state index is 13.2. The van der Waals surface area contributed by atoms with E-state index in [4.69, 9.17) is 0 Å². The first-order valence-corrected chi connectivity index (χ1v) is 8.01. The van der Waals surface area contributed by atoms with Gasteiger partial charge in [-0.1, -0.05) is 24.3 Å². The Hall–Kier alpha value is -1.79. The van der Waals surface area contributed by atoms with Crippen LogP contribution in [0.3, 0.4) is 0 Å². The fourth-order valence-electron chi connectivity index (χ4n) is 2.58. The molecule has 21 heavy (non-hydrogen) atoms. The van der Waals surface area contributed by atoms with Crippen LogP contribution in [0.1, 0.15) is 23.6 Å². The summed E-state index contributed by atoms with van der Waals surface area (Å²) in [5.41, 5.74) is 2.04. The minimum Gasteiger partial charge on any atom is -0.207 e. The topological polar surface area (TPSA) is 46.2 Å². The summed E-state index contributed by atoms with van der Waals surface area (Å²) in [5, 5.41) is 0. The third kappa shape index (κ3) is 2.69. The Labute approximate surface area is 121 Å². The summed E-state index contributed by atoms with van der Waals surface area (Å²) in [6, 6.07) is 9.82. The lowest BCUT2D eigenvalue weighted by Gasteiger charge is -2.14. The molecule has 0 bridgehead atoms. The molecule has 0 saturated carbocycles. The van der Waals surface area contributed by atoms with Gasteiger partial charge in [0.2, 0.25) is 10.0 Å². The molecule has 2 aromatic rings. The molecule has 0 heterocycles. The van der Waals surface area contributed by atoms with Gasteiger partial charge in [0.1, 0.15) is 0 Å². The van der Waals surface area contributed by atoms with Crippen molar-refractivity contribution in [1.82, 2.24) is 4.72 Å². The van der Waals surface area contributed by atoms with E-state index >= 15 is 0 Å². The van der Waals surface area contributed by atoms with Crippen molar-refractivity contribution < 1.29 is 17.2 Å². The van der Waals surface area contributed by atoms with Crippen LogP contribution < -0.4 is 4.72 Å². The average molecular weight is 309 g/mol. The first-order valence-electron chi connectivity index (χ1n) is 6.52. The number of aryl methyl sites for hydroxylation is 1. The number of benzene rings is 2. The van der Waals surface area contributed by atoms with Crippen LogP contribution in [0, 0.1) is 11.6 Å². The van der Waals surface area contributed by atoms with Gasteiger partial charge in [0, 0.05) is 6.04 Å². The van der Waals surface area contributed by atoms with Crippen LogP contribution >= 0.6 is 0 Å². The molecule has 1 aliphatic rings. The van der Waals surface area contributed by atoms with Gasteiger partial charge in [-0.15, -0.1) is 0 Å². The molecule has 110 valence electrons. The molecule has 1 N–H and O–H groups in total. The van der Waals surface area contributed by atoms with Gasteiger partial charge >= 0.3 is 0 Å². The molecule has 1 atom stereocenters. The second-order valence-corrected chi connectivity index (χ2v) is 6.70. The Kier molecular flexibility index (Phi) is 3.51. The van der Waals surface area contributed by atoms with Gasteiger partial charge in [0.25, 0.3) is 0 Å². The first kappa shape index (κ1) is 14.2. The van der Waals surface area contributed by atoms with E-state index in [2.05, 4.69) is 4.72 Å². The zero-order valence-electron chi connectivity index (χ0n) is 11.0. The van der Waals surface area contributed by atoms with E-state index in [1.54, 1.807) is 0 Å². The Morgan fingerprint density at radius 2 is 1.81 bits per heavy atom. The fraction of sp³-hybridized carbons (Fsp3) is 0.200. The van der Waals surface area contributed by atoms with E-state index in [9.17, 15) is 17.2 Å². The summed E-state index contributed by atoms with van der Waals surface area (Å²) in [6.07, 6.45) is 1.45. The molecular weight excluding hydrogens is 296 g/mol.